The van der Waals surface area contributed by atoms with Gasteiger partial charge in [-0.3, -0.25) is 0 Å². The Kier molecular flexibility index (Phi) is 2.72. The highest BCUT2D eigenvalue weighted by Crippen LogP contribution is 2.37. The summed E-state index contributed by atoms with van der Waals surface area (Å²) in [6.45, 7) is 5.53. The number of hydrogen-bond donors (Lipinski definition) is 1. The van der Waals surface area contributed by atoms with Crippen LogP contribution in [0.25, 0.3) is 0 Å². The lowest BCUT2D eigenvalue weighted by Gasteiger charge is -2.14. The summed E-state index contributed by atoms with van der Waals surface area (Å²) in [7, 11) is 0. The minimum absolute atomic E-state index is 0.833. The molecule has 10 heavy (non-hydrogen) atoms. The molecule has 0 aromatic carbocycles. The second kappa shape index (κ2) is 3.38. The molecule has 0 aliphatic heterocycles. The van der Waals surface area contributed by atoms with E-state index in [4.69, 9.17) is 5.73 Å². The molecule has 60 valence electrons. The highest BCUT2D eigenvalue weighted by Gasteiger charge is 2.28. The van der Waals surface area contributed by atoms with E-state index in [1.807, 2.05) is 0 Å². The van der Waals surface area contributed by atoms with Gasteiger partial charge < -0.3 is 5.73 Å². The Morgan fingerprint density at radius 3 is 2.30 bits per heavy atom. The number of hydrogen-bond acceptors (Lipinski definition) is 1. The summed E-state index contributed by atoms with van der Waals surface area (Å²) in [4.78, 5) is 0. The van der Waals surface area contributed by atoms with Gasteiger partial charge in [0.15, 0.2) is 0 Å². The molecule has 3 unspecified atom stereocenters. The molecule has 0 spiro atoms. The Morgan fingerprint density at radius 1 is 1.30 bits per heavy atom. The van der Waals surface area contributed by atoms with Gasteiger partial charge in [0.2, 0.25) is 0 Å². The lowest BCUT2D eigenvalue weighted by atomic mass is 9.94. The van der Waals surface area contributed by atoms with Crippen LogP contribution in [0.3, 0.4) is 0 Å². The predicted octanol–water partition coefficient (Wildman–Crippen LogP) is 2.02. The molecule has 0 bridgehead atoms. The first kappa shape index (κ1) is 8.06. The average Bonchev–Trinajstić information content (AvgIpc) is 2.30. The van der Waals surface area contributed by atoms with E-state index in [0.29, 0.717) is 0 Å². The lowest BCUT2D eigenvalue weighted by Crippen LogP contribution is -2.17. The summed E-state index contributed by atoms with van der Waals surface area (Å²) in [6.07, 6.45) is 4.11. The fourth-order valence-corrected chi connectivity index (χ4v) is 2.30. The van der Waals surface area contributed by atoms with Gasteiger partial charge in [0.25, 0.3) is 0 Å². The van der Waals surface area contributed by atoms with Gasteiger partial charge in [0, 0.05) is 0 Å². The van der Waals surface area contributed by atoms with Crippen LogP contribution in [-0.4, -0.2) is 6.54 Å². The van der Waals surface area contributed by atoms with E-state index in [1.165, 1.54) is 19.3 Å². The van der Waals surface area contributed by atoms with E-state index < -0.39 is 0 Å². The standard InChI is InChI=1S/C9H19N/c1-3-8-4-7(2)5-9(8)6-10/h7-9H,3-6,10H2,1-2H3. The van der Waals surface area contributed by atoms with Gasteiger partial charge >= 0.3 is 0 Å². The van der Waals surface area contributed by atoms with Crippen molar-refractivity contribution in [2.24, 2.45) is 23.5 Å². The highest BCUT2D eigenvalue weighted by atomic mass is 14.6. The van der Waals surface area contributed by atoms with E-state index in [1.54, 1.807) is 0 Å². The van der Waals surface area contributed by atoms with Gasteiger partial charge in [-0.05, 0) is 37.1 Å². The van der Waals surface area contributed by atoms with Gasteiger partial charge in [0.1, 0.15) is 0 Å². The van der Waals surface area contributed by atoms with Gasteiger partial charge in [0.05, 0.1) is 0 Å². The molecular formula is C9H19N. The van der Waals surface area contributed by atoms with Crippen LogP contribution in [0.15, 0.2) is 0 Å². The van der Waals surface area contributed by atoms with Crippen LogP contribution in [0.4, 0.5) is 0 Å². The summed E-state index contributed by atoms with van der Waals surface area (Å²) in [6, 6.07) is 0. The second-order valence-corrected chi connectivity index (χ2v) is 3.74. The molecule has 1 saturated carbocycles. The summed E-state index contributed by atoms with van der Waals surface area (Å²) in [5.41, 5.74) is 5.66. The topological polar surface area (TPSA) is 26.0 Å². The molecule has 3 atom stereocenters. The van der Waals surface area contributed by atoms with Crippen LogP contribution in [0.5, 0.6) is 0 Å². The molecule has 1 fully saturated rings. The van der Waals surface area contributed by atoms with E-state index in [9.17, 15) is 0 Å². The highest BCUT2D eigenvalue weighted by molar-refractivity contribution is 4.80. The van der Waals surface area contributed by atoms with Crippen molar-refractivity contribution in [3.63, 3.8) is 0 Å². The van der Waals surface area contributed by atoms with Gasteiger partial charge in [-0.25, -0.2) is 0 Å². The molecule has 1 aliphatic carbocycles. The fraction of sp³-hybridized carbons (Fsp3) is 1.00. The molecule has 1 heteroatoms. The van der Waals surface area contributed by atoms with Crippen molar-refractivity contribution in [3.8, 4) is 0 Å². The van der Waals surface area contributed by atoms with Gasteiger partial charge in [-0.2, -0.15) is 0 Å². The predicted molar refractivity (Wildman–Crippen MR) is 44.7 cm³/mol. The zero-order valence-corrected chi connectivity index (χ0v) is 7.14. The lowest BCUT2D eigenvalue weighted by molar-refractivity contribution is 0.385. The summed E-state index contributed by atoms with van der Waals surface area (Å²) in [5.74, 6) is 2.69. The second-order valence-electron chi connectivity index (χ2n) is 3.74. The van der Waals surface area contributed by atoms with Gasteiger partial charge in [-0.15, -0.1) is 0 Å². The molecule has 0 aromatic heterocycles. The third-order valence-electron chi connectivity index (χ3n) is 2.90. The van der Waals surface area contributed by atoms with Crippen LogP contribution in [0, 0.1) is 17.8 Å². The fourth-order valence-electron chi connectivity index (χ4n) is 2.30. The normalized spacial score (nSPS) is 40.5. The van der Waals surface area contributed by atoms with Crippen molar-refractivity contribution in [1.29, 1.82) is 0 Å². The third kappa shape index (κ3) is 1.51. The molecule has 1 nitrogen and oxygen atoms in total. The summed E-state index contributed by atoms with van der Waals surface area (Å²) < 4.78 is 0. The minimum Gasteiger partial charge on any atom is -0.330 e. The SMILES string of the molecule is CCC1CC(C)CC1CN. The van der Waals surface area contributed by atoms with Crippen molar-refractivity contribution in [2.45, 2.75) is 33.1 Å². The molecule has 1 aliphatic rings. The minimum atomic E-state index is 0.833. The molecular weight excluding hydrogens is 122 g/mol. The maximum Gasteiger partial charge on any atom is -0.00461 e. The van der Waals surface area contributed by atoms with E-state index in [0.717, 1.165) is 24.3 Å². The van der Waals surface area contributed by atoms with Crippen LogP contribution in [-0.2, 0) is 0 Å². The molecule has 0 aromatic rings. The Labute approximate surface area is 64.0 Å². The summed E-state index contributed by atoms with van der Waals surface area (Å²) in [5, 5.41) is 0. The first-order valence-corrected chi connectivity index (χ1v) is 4.48. The Hall–Kier alpha value is -0.0400. The zero-order valence-electron chi connectivity index (χ0n) is 7.14. The largest absolute Gasteiger partial charge is 0.330 e. The van der Waals surface area contributed by atoms with Crippen LogP contribution < -0.4 is 5.73 Å². The summed E-state index contributed by atoms with van der Waals surface area (Å²) >= 11 is 0. The van der Waals surface area contributed by atoms with Crippen LogP contribution in [0.2, 0.25) is 0 Å². The molecule has 1 rings (SSSR count). The van der Waals surface area contributed by atoms with E-state index >= 15 is 0 Å². The smallest absolute Gasteiger partial charge is 0.00461 e. The zero-order chi connectivity index (χ0) is 7.56. The molecule has 0 heterocycles. The van der Waals surface area contributed by atoms with E-state index in [-0.39, 0.29) is 0 Å². The van der Waals surface area contributed by atoms with Crippen molar-refractivity contribution in [1.82, 2.24) is 0 Å². The molecule has 0 amide bonds. The van der Waals surface area contributed by atoms with Crippen molar-refractivity contribution in [2.75, 3.05) is 6.54 Å². The Balaban J connectivity index is 2.41. The number of nitrogens with two attached hydrogens (primary N) is 1. The van der Waals surface area contributed by atoms with Crippen molar-refractivity contribution >= 4 is 0 Å². The van der Waals surface area contributed by atoms with Crippen molar-refractivity contribution < 1.29 is 0 Å². The first-order chi connectivity index (χ1) is 4.77. The molecule has 2 N–H and O–H groups in total. The van der Waals surface area contributed by atoms with E-state index in [2.05, 4.69) is 13.8 Å². The Morgan fingerprint density at radius 2 is 1.90 bits per heavy atom. The van der Waals surface area contributed by atoms with Crippen LogP contribution in [0.1, 0.15) is 33.1 Å². The van der Waals surface area contributed by atoms with Crippen LogP contribution >= 0.6 is 0 Å². The quantitative estimate of drug-likeness (QED) is 0.625. The maximum absolute atomic E-state index is 5.66. The molecule has 0 radical (unpaired) electrons. The third-order valence-corrected chi connectivity index (χ3v) is 2.90. The monoisotopic (exact) mass is 141 g/mol. The van der Waals surface area contributed by atoms with Gasteiger partial charge in [-0.1, -0.05) is 20.3 Å². The average molecular weight is 141 g/mol. The van der Waals surface area contributed by atoms with Crippen molar-refractivity contribution in [3.05, 3.63) is 0 Å². The maximum atomic E-state index is 5.66. The first-order valence-electron chi connectivity index (χ1n) is 4.48. The number of rotatable bonds is 2. The molecule has 0 saturated heterocycles. The Bertz CT molecular complexity index is 88.9.